The van der Waals surface area contributed by atoms with Crippen LogP contribution in [-0.4, -0.2) is 24.1 Å². The highest BCUT2D eigenvalue weighted by molar-refractivity contribution is 6.71. The molecule has 7 heteroatoms. The molecule has 0 unspecified atom stereocenters. The minimum absolute atomic E-state index is 0.0724. The van der Waals surface area contributed by atoms with E-state index in [0.717, 1.165) is 0 Å². The lowest BCUT2D eigenvalue weighted by molar-refractivity contribution is -0.111. The molecule has 0 aromatic carbocycles. The van der Waals surface area contributed by atoms with E-state index in [-0.39, 0.29) is 34.3 Å². The molecule has 0 saturated carbocycles. The quantitative estimate of drug-likeness (QED) is 0.620. The number of Topliss-reactive ketones (excluding diaryl/α,β-unsaturated/α-hetero) is 2. The Bertz CT molecular complexity index is 639. The number of fused-ring (bicyclic) bond motifs is 1. The summed E-state index contributed by atoms with van der Waals surface area (Å²) in [6.45, 7) is 3.22. The maximum Gasteiger partial charge on any atom is 0.342 e. The molecule has 2 rings (SSSR count). The first-order chi connectivity index (χ1) is 8.90. The molecule has 0 radical (unpaired) electrons. The molecule has 0 fully saturated rings. The van der Waals surface area contributed by atoms with Crippen molar-refractivity contribution in [3.63, 3.8) is 0 Å². The van der Waals surface area contributed by atoms with Gasteiger partial charge in [-0.3, -0.25) is 9.59 Å². The van der Waals surface area contributed by atoms with Gasteiger partial charge in [0.15, 0.2) is 5.76 Å². The van der Waals surface area contributed by atoms with Gasteiger partial charge in [0.2, 0.25) is 11.6 Å². The van der Waals surface area contributed by atoms with Crippen LogP contribution in [0.4, 0.5) is 0 Å². The minimum atomic E-state index is -0.967. The van der Waals surface area contributed by atoms with Crippen LogP contribution in [0.15, 0.2) is 9.45 Å². The van der Waals surface area contributed by atoms with Crippen LogP contribution >= 0.6 is 23.2 Å². The predicted octanol–water partition coefficient (Wildman–Crippen LogP) is 2.68. The highest BCUT2D eigenvalue weighted by Crippen LogP contribution is 2.38. The molecule has 19 heavy (non-hydrogen) atoms. The summed E-state index contributed by atoms with van der Waals surface area (Å²) in [5.41, 5.74) is -0.270. The van der Waals surface area contributed by atoms with Crippen molar-refractivity contribution in [3.8, 4) is 0 Å². The predicted molar refractivity (Wildman–Crippen MR) is 67.4 cm³/mol. The fourth-order valence-electron chi connectivity index (χ4n) is 1.78. The van der Waals surface area contributed by atoms with E-state index >= 15 is 0 Å². The van der Waals surface area contributed by atoms with Crippen molar-refractivity contribution in [1.82, 2.24) is 0 Å². The van der Waals surface area contributed by atoms with Gasteiger partial charge >= 0.3 is 5.97 Å². The largest absolute Gasteiger partial charge is 0.462 e. The minimum Gasteiger partial charge on any atom is -0.462 e. The molecular formula is C12H8Cl2O5. The Hall–Kier alpha value is -1.59. The fourth-order valence-corrected chi connectivity index (χ4v) is 2.17. The van der Waals surface area contributed by atoms with Crippen LogP contribution in [0, 0.1) is 6.92 Å². The lowest BCUT2D eigenvalue weighted by Crippen LogP contribution is -2.22. The molecule has 1 aromatic rings. The molecule has 0 saturated heterocycles. The number of rotatable bonds is 2. The van der Waals surface area contributed by atoms with Crippen LogP contribution in [0.2, 0.25) is 0 Å². The van der Waals surface area contributed by atoms with Crippen molar-refractivity contribution < 1.29 is 23.5 Å². The molecule has 1 aromatic heterocycles. The van der Waals surface area contributed by atoms with E-state index in [9.17, 15) is 14.4 Å². The maximum atomic E-state index is 11.9. The first-order valence-corrected chi connectivity index (χ1v) is 6.10. The van der Waals surface area contributed by atoms with Crippen molar-refractivity contribution in [1.29, 1.82) is 0 Å². The van der Waals surface area contributed by atoms with E-state index in [0.29, 0.717) is 0 Å². The van der Waals surface area contributed by atoms with E-state index in [4.69, 9.17) is 32.4 Å². The first-order valence-electron chi connectivity index (χ1n) is 5.35. The van der Waals surface area contributed by atoms with Gasteiger partial charge < -0.3 is 9.15 Å². The highest BCUT2D eigenvalue weighted by Gasteiger charge is 2.39. The third kappa shape index (κ3) is 1.99. The number of furan rings is 1. The van der Waals surface area contributed by atoms with Gasteiger partial charge in [0.05, 0.1) is 12.2 Å². The molecule has 100 valence electrons. The summed E-state index contributed by atoms with van der Waals surface area (Å²) in [4.78, 5) is 35.3. The Morgan fingerprint density at radius 1 is 1.21 bits per heavy atom. The number of allylic oxidation sites excluding steroid dienone is 1. The van der Waals surface area contributed by atoms with Crippen molar-refractivity contribution >= 4 is 45.8 Å². The number of carbonyl (C=O) groups is 3. The summed E-state index contributed by atoms with van der Waals surface area (Å²) in [7, 11) is 0. The number of halogens is 2. The normalized spacial score (nSPS) is 14.7. The smallest absolute Gasteiger partial charge is 0.342 e. The van der Waals surface area contributed by atoms with Gasteiger partial charge in [-0.1, -0.05) is 23.2 Å². The fraction of sp³-hybridized carbons (Fsp3) is 0.250. The molecule has 0 bridgehead atoms. The molecule has 1 heterocycles. The average Bonchev–Trinajstić information content (AvgIpc) is 2.72. The summed E-state index contributed by atoms with van der Waals surface area (Å²) >= 11 is 11.5. The number of hydrogen-bond acceptors (Lipinski definition) is 5. The van der Waals surface area contributed by atoms with Crippen molar-refractivity contribution in [3.05, 3.63) is 27.7 Å². The monoisotopic (exact) mass is 302 g/mol. The third-order valence-electron chi connectivity index (χ3n) is 2.59. The molecule has 0 amide bonds. The summed E-state index contributed by atoms with van der Waals surface area (Å²) in [5.74, 6) is -2.56. The Kier molecular flexibility index (Phi) is 3.52. The van der Waals surface area contributed by atoms with Crippen molar-refractivity contribution in [2.45, 2.75) is 13.8 Å². The van der Waals surface area contributed by atoms with Gasteiger partial charge in [0.25, 0.3) is 0 Å². The van der Waals surface area contributed by atoms with Crippen molar-refractivity contribution in [2.24, 2.45) is 0 Å². The van der Waals surface area contributed by atoms with Gasteiger partial charge in [0.1, 0.15) is 21.4 Å². The van der Waals surface area contributed by atoms with Gasteiger partial charge in [-0.25, -0.2) is 4.79 Å². The maximum absolute atomic E-state index is 11.9. The summed E-state index contributed by atoms with van der Waals surface area (Å²) in [6, 6.07) is 0. The second-order valence-corrected chi connectivity index (χ2v) is 4.50. The molecule has 0 aliphatic heterocycles. The van der Waals surface area contributed by atoms with E-state index in [1.165, 1.54) is 6.92 Å². The topological polar surface area (TPSA) is 73.6 Å². The molecule has 0 N–H and O–H groups in total. The SMILES string of the molecule is CCOC(=O)c1c(C)oc2c1C(=O)C(=O)C(Cl)=C2Cl. The van der Waals surface area contributed by atoms with Crippen LogP contribution in [0.3, 0.4) is 0 Å². The zero-order chi connectivity index (χ0) is 14.3. The lowest BCUT2D eigenvalue weighted by atomic mass is 9.97. The molecule has 5 nitrogen and oxygen atoms in total. The third-order valence-corrected chi connectivity index (χ3v) is 3.41. The molecule has 1 aliphatic rings. The summed E-state index contributed by atoms with van der Waals surface area (Å²) < 4.78 is 10.1. The number of esters is 1. The number of hydrogen-bond donors (Lipinski definition) is 0. The van der Waals surface area contributed by atoms with Gasteiger partial charge in [-0.2, -0.15) is 0 Å². The Morgan fingerprint density at radius 2 is 1.84 bits per heavy atom. The number of aryl methyl sites for hydroxylation is 1. The van der Waals surface area contributed by atoms with E-state index in [1.807, 2.05) is 0 Å². The van der Waals surface area contributed by atoms with E-state index in [2.05, 4.69) is 0 Å². The van der Waals surface area contributed by atoms with E-state index < -0.39 is 22.6 Å². The second kappa shape index (κ2) is 4.83. The number of ketones is 2. The van der Waals surface area contributed by atoms with Crippen molar-refractivity contribution in [2.75, 3.05) is 6.61 Å². The van der Waals surface area contributed by atoms with Crippen LogP contribution in [0.1, 0.15) is 39.2 Å². The van der Waals surface area contributed by atoms with Gasteiger partial charge in [-0.05, 0) is 13.8 Å². The van der Waals surface area contributed by atoms with Gasteiger partial charge in [0, 0.05) is 0 Å². The highest BCUT2D eigenvalue weighted by atomic mass is 35.5. The molecule has 0 spiro atoms. The Morgan fingerprint density at radius 3 is 2.42 bits per heavy atom. The zero-order valence-corrected chi connectivity index (χ0v) is 11.5. The Labute approximate surface area is 118 Å². The summed E-state index contributed by atoms with van der Waals surface area (Å²) in [6.07, 6.45) is 0. The Balaban J connectivity index is 2.71. The van der Waals surface area contributed by atoms with Crippen LogP contribution in [0.25, 0.3) is 5.03 Å². The second-order valence-electron chi connectivity index (χ2n) is 3.74. The molecule has 0 atom stereocenters. The zero-order valence-electron chi connectivity index (χ0n) is 10.0. The molecular weight excluding hydrogens is 295 g/mol. The average molecular weight is 303 g/mol. The standard InChI is InChI=1S/C12H8Cl2O5/c1-3-18-12(17)5-4(2)19-11-6(5)9(15)10(16)7(13)8(11)14/h3H2,1-2H3. The van der Waals surface area contributed by atoms with Gasteiger partial charge in [-0.15, -0.1) is 0 Å². The first kappa shape index (κ1) is 13.8. The van der Waals surface area contributed by atoms with Crippen LogP contribution in [-0.2, 0) is 9.53 Å². The van der Waals surface area contributed by atoms with Crippen LogP contribution in [0.5, 0.6) is 0 Å². The number of carbonyl (C=O) groups excluding carboxylic acids is 3. The van der Waals surface area contributed by atoms with Crippen LogP contribution < -0.4 is 0 Å². The lowest BCUT2D eigenvalue weighted by Gasteiger charge is -2.09. The summed E-state index contributed by atoms with van der Waals surface area (Å²) in [5, 5.41) is -0.594. The molecule has 1 aliphatic carbocycles. The number of ether oxygens (including phenoxy) is 1. The van der Waals surface area contributed by atoms with E-state index in [1.54, 1.807) is 6.92 Å².